The summed E-state index contributed by atoms with van der Waals surface area (Å²) in [6, 6.07) is 12.4. The van der Waals surface area contributed by atoms with Gasteiger partial charge in [-0.05, 0) is 97.9 Å². The molecule has 0 bridgehead atoms. The highest BCUT2D eigenvalue weighted by molar-refractivity contribution is 6.08. The van der Waals surface area contributed by atoms with Crippen LogP contribution < -0.4 is 0 Å². The number of rotatable bonds is 4. The molecule has 2 aromatic rings. The van der Waals surface area contributed by atoms with Gasteiger partial charge >= 0.3 is 0 Å². The number of hydrogen-bond acceptors (Lipinski definition) is 0. The van der Waals surface area contributed by atoms with E-state index in [9.17, 15) is 8.78 Å². The summed E-state index contributed by atoms with van der Waals surface area (Å²) in [7, 11) is 3.70. The van der Waals surface area contributed by atoms with Gasteiger partial charge in [0.05, 0.1) is 0 Å². The van der Waals surface area contributed by atoms with E-state index >= 15 is 0 Å². The van der Waals surface area contributed by atoms with Crippen molar-refractivity contribution in [2.45, 2.75) is 70.3 Å². The van der Waals surface area contributed by atoms with Crippen LogP contribution in [-0.4, -0.2) is 10.2 Å². The molecule has 0 amide bonds. The Balaban J connectivity index is 1.36. The van der Waals surface area contributed by atoms with Crippen molar-refractivity contribution in [1.29, 1.82) is 0 Å². The normalized spacial score (nSPS) is 27.7. The van der Waals surface area contributed by atoms with Gasteiger partial charge in [0.1, 0.15) is 11.6 Å². The summed E-state index contributed by atoms with van der Waals surface area (Å²) in [5, 5.41) is 0. The first kappa shape index (κ1) is 20.8. The van der Waals surface area contributed by atoms with E-state index in [1.54, 1.807) is 0 Å². The first-order valence-corrected chi connectivity index (χ1v) is 12.0. The van der Waals surface area contributed by atoms with Gasteiger partial charge in [-0.1, -0.05) is 43.2 Å². The van der Waals surface area contributed by atoms with Crippen molar-refractivity contribution in [2.24, 2.45) is 17.8 Å². The maximum Gasteiger partial charge on any atom is 0.129 e. The van der Waals surface area contributed by atoms with Crippen molar-refractivity contribution in [3.05, 3.63) is 59.2 Å². The van der Waals surface area contributed by atoms with Gasteiger partial charge in [0, 0.05) is 15.8 Å². The van der Waals surface area contributed by atoms with Crippen LogP contribution in [0.3, 0.4) is 0 Å². The molecule has 29 heavy (non-hydrogen) atoms. The molecule has 2 fully saturated rings. The van der Waals surface area contributed by atoms with Crippen LogP contribution in [0.25, 0.3) is 11.1 Å². The molecule has 4 rings (SSSR count). The molecular weight excluding hydrogens is 378 g/mol. The molecule has 0 aliphatic heterocycles. The van der Waals surface area contributed by atoms with Crippen LogP contribution in [-0.2, 0) is 0 Å². The number of benzene rings is 2. The molecule has 0 nitrogen and oxygen atoms in total. The predicted molar refractivity (Wildman–Crippen MR) is 117 cm³/mol. The lowest BCUT2D eigenvalue weighted by atomic mass is 9.68. The molecule has 153 valence electrons. The van der Waals surface area contributed by atoms with Crippen molar-refractivity contribution >= 4 is 10.2 Å². The molecule has 0 spiro atoms. The molecule has 0 aromatic heterocycles. The molecule has 2 aliphatic carbocycles. The summed E-state index contributed by atoms with van der Waals surface area (Å²) in [6.07, 6.45) is 10.9. The summed E-state index contributed by atoms with van der Waals surface area (Å²) in [4.78, 5) is 0. The Hall–Kier alpha value is -1.48. The first-order valence-electron chi connectivity index (χ1n) is 11.3. The molecule has 3 radical (unpaired) electrons. The minimum Gasteiger partial charge on any atom is -0.207 e. The van der Waals surface area contributed by atoms with Crippen LogP contribution in [0.2, 0.25) is 6.04 Å². The SMILES string of the molecule is Cc1c(F)cc(-c2ccc(C3CCC(C4CCC(C[Si])CC4)CC3)cc2)cc1F. The fourth-order valence-electron chi connectivity index (χ4n) is 5.55. The highest BCUT2D eigenvalue weighted by Gasteiger charge is 2.30. The Morgan fingerprint density at radius 1 is 0.759 bits per heavy atom. The maximum absolute atomic E-state index is 13.9. The Kier molecular flexibility index (Phi) is 6.53. The summed E-state index contributed by atoms with van der Waals surface area (Å²) in [5.74, 6) is 2.43. The Morgan fingerprint density at radius 2 is 1.28 bits per heavy atom. The number of halogens is 2. The third-order valence-electron chi connectivity index (χ3n) is 7.61. The van der Waals surface area contributed by atoms with Crippen LogP contribution in [0.15, 0.2) is 36.4 Å². The second-order valence-electron chi connectivity index (χ2n) is 9.28. The first-order chi connectivity index (χ1) is 14.0. The van der Waals surface area contributed by atoms with E-state index in [4.69, 9.17) is 0 Å². The van der Waals surface area contributed by atoms with Gasteiger partial charge in [-0.25, -0.2) is 8.78 Å². The standard InChI is InChI=1S/C26H31F2Si/c1-17-25(27)14-24(15-26(17)28)23-12-10-22(11-13-23)21-8-6-20(7-9-21)19-4-2-18(16-29)3-5-19/h10-15,18-21H,2-9,16H2,1H3. The van der Waals surface area contributed by atoms with Gasteiger partial charge in [-0.3, -0.25) is 0 Å². The third kappa shape index (κ3) is 4.65. The van der Waals surface area contributed by atoms with Crippen molar-refractivity contribution in [2.75, 3.05) is 0 Å². The zero-order valence-corrected chi connectivity index (χ0v) is 18.4. The van der Waals surface area contributed by atoms with Crippen molar-refractivity contribution in [3.8, 4) is 11.1 Å². The van der Waals surface area contributed by atoms with Gasteiger partial charge in [-0.15, -0.1) is 0 Å². The summed E-state index contributed by atoms with van der Waals surface area (Å²) in [6.45, 7) is 1.47. The van der Waals surface area contributed by atoms with Gasteiger partial charge in [0.2, 0.25) is 0 Å². The average Bonchev–Trinajstić information content (AvgIpc) is 2.77. The van der Waals surface area contributed by atoms with Gasteiger partial charge in [0.25, 0.3) is 0 Å². The second-order valence-corrected chi connectivity index (χ2v) is 9.69. The molecule has 2 aliphatic rings. The molecule has 2 saturated carbocycles. The molecule has 0 saturated heterocycles. The lowest BCUT2D eigenvalue weighted by molar-refractivity contribution is 0.165. The quantitative estimate of drug-likeness (QED) is 0.456. The van der Waals surface area contributed by atoms with Crippen LogP contribution in [0.5, 0.6) is 0 Å². The van der Waals surface area contributed by atoms with E-state index in [0.29, 0.717) is 11.5 Å². The lowest BCUT2D eigenvalue weighted by Gasteiger charge is -2.38. The Labute approximate surface area is 177 Å². The summed E-state index contributed by atoms with van der Waals surface area (Å²) < 4.78 is 27.8. The minimum absolute atomic E-state index is 0.0859. The van der Waals surface area contributed by atoms with E-state index in [-0.39, 0.29) is 5.56 Å². The fourth-order valence-corrected chi connectivity index (χ4v) is 5.96. The largest absolute Gasteiger partial charge is 0.207 e. The third-order valence-corrected chi connectivity index (χ3v) is 8.19. The van der Waals surface area contributed by atoms with Crippen molar-refractivity contribution in [3.63, 3.8) is 0 Å². The fraction of sp³-hybridized carbons (Fsp3) is 0.538. The minimum atomic E-state index is -0.479. The van der Waals surface area contributed by atoms with Gasteiger partial charge in [0.15, 0.2) is 0 Å². The molecular formula is C26H31F2Si. The zero-order chi connectivity index (χ0) is 20.4. The zero-order valence-electron chi connectivity index (χ0n) is 17.4. The van der Waals surface area contributed by atoms with Gasteiger partial charge < -0.3 is 0 Å². The van der Waals surface area contributed by atoms with Crippen LogP contribution in [0, 0.1) is 36.3 Å². The maximum atomic E-state index is 13.9. The lowest BCUT2D eigenvalue weighted by Crippen LogP contribution is -2.25. The van der Waals surface area contributed by atoms with Crippen molar-refractivity contribution < 1.29 is 8.78 Å². The topological polar surface area (TPSA) is 0 Å². The van der Waals surface area contributed by atoms with E-state index < -0.39 is 11.6 Å². The summed E-state index contributed by atoms with van der Waals surface area (Å²) in [5.41, 5.74) is 2.95. The molecule has 0 unspecified atom stereocenters. The smallest absolute Gasteiger partial charge is 0.129 e. The highest BCUT2D eigenvalue weighted by atomic mass is 28.1. The van der Waals surface area contributed by atoms with Crippen molar-refractivity contribution in [1.82, 2.24) is 0 Å². The van der Waals surface area contributed by atoms with Crippen LogP contribution in [0.1, 0.15) is 68.4 Å². The molecule has 2 aromatic carbocycles. The number of hydrogen-bond donors (Lipinski definition) is 0. The average molecular weight is 410 g/mol. The van der Waals surface area contributed by atoms with E-state index in [2.05, 4.69) is 22.4 Å². The van der Waals surface area contributed by atoms with E-state index in [0.717, 1.165) is 29.4 Å². The van der Waals surface area contributed by atoms with E-state index in [1.165, 1.54) is 76.0 Å². The second kappa shape index (κ2) is 9.12. The monoisotopic (exact) mass is 409 g/mol. The Morgan fingerprint density at radius 3 is 1.79 bits per heavy atom. The molecule has 0 N–H and O–H groups in total. The highest BCUT2D eigenvalue weighted by Crippen LogP contribution is 2.44. The Bertz CT molecular complexity index is 790. The molecule has 0 atom stereocenters. The molecule has 3 heteroatoms. The van der Waals surface area contributed by atoms with Crippen LogP contribution in [0.4, 0.5) is 8.78 Å². The predicted octanol–water partition coefficient (Wildman–Crippen LogP) is 7.61. The van der Waals surface area contributed by atoms with E-state index in [1.807, 2.05) is 12.1 Å². The van der Waals surface area contributed by atoms with Crippen LogP contribution >= 0.6 is 0 Å². The summed E-state index contributed by atoms with van der Waals surface area (Å²) >= 11 is 0. The molecule has 0 heterocycles. The van der Waals surface area contributed by atoms with Gasteiger partial charge in [-0.2, -0.15) is 0 Å².